The number of nitriles is 1. The number of rotatable bonds is 4. The van der Waals surface area contributed by atoms with Gasteiger partial charge in [-0.3, -0.25) is 0 Å². The highest BCUT2D eigenvalue weighted by molar-refractivity contribution is 6.49. The highest BCUT2D eigenvalue weighted by atomic mass is 35.5. The predicted octanol–water partition coefficient (Wildman–Crippen LogP) is 3.93. The molecule has 0 spiro atoms. The van der Waals surface area contributed by atoms with Crippen molar-refractivity contribution < 1.29 is 9.53 Å². The van der Waals surface area contributed by atoms with Crippen molar-refractivity contribution in [1.29, 1.82) is 5.26 Å². The number of allylic oxidation sites excluding steroid dienone is 2. The third-order valence-corrected chi connectivity index (χ3v) is 2.73. The van der Waals surface area contributed by atoms with E-state index in [9.17, 15) is 4.79 Å². The summed E-state index contributed by atoms with van der Waals surface area (Å²) in [5, 5.41) is 9.84. The summed E-state index contributed by atoms with van der Waals surface area (Å²) in [6.07, 6.45) is 2.80. The lowest BCUT2D eigenvalue weighted by Gasteiger charge is -1.99. The van der Waals surface area contributed by atoms with Crippen LogP contribution in [0.15, 0.2) is 42.0 Å². The van der Waals surface area contributed by atoms with E-state index in [1.165, 1.54) is 12.2 Å². The number of benzene rings is 1. The van der Waals surface area contributed by atoms with Crippen molar-refractivity contribution in [3.05, 3.63) is 52.6 Å². The largest absolute Gasteiger partial charge is 0.462 e. The van der Waals surface area contributed by atoms with Crippen molar-refractivity contribution in [3.63, 3.8) is 0 Å². The minimum absolute atomic E-state index is 0.103. The van der Waals surface area contributed by atoms with E-state index >= 15 is 0 Å². The van der Waals surface area contributed by atoms with Crippen molar-refractivity contribution in [2.45, 2.75) is 6.92 Å². The zero-order valence-electron chi connectivity index (χ0n) is 10.2. The van der Waals surface area contributed by atoms with Crippen LogP contribution in [0.5, 0.6) is 0 Å². The van der Waals surface area contributed by atoms with E-state index in [1.54, 1.807) is 37.3 Å². The van der Waals surface area contributed by atoms with Crippen LogP contribution in [0, 0.1) is 11.3 Å². The Hall–Kier alpha value is -1.76. The Morgan fingerprint density at radius 2 is 2.00 bits per heavy atom. The summed E-state index contributed by atoms with van der Waals surface area (Å²) in [4.78, 5) is 11.4. The fourth-order valence-corrected chi connectivity index (χ4v) is 1.54. The van der Waals surface area contributed by atoms with Crippen molar-refractivity contribution in [3.8, 4) is 6.07 Å². The Balaban J connectivity index is 2.92. The first-order valence-electron chi connectivity index (χ1n) is 5.49. The lowest BCUT2D eigenvalue weighted by atomic mass is 10.2. The fraction of sp³-hybridized carbons (Fsp3) is 0.143. The average molecular weight is 296 g/mol. The standard InChI is InChI=1S/C14H11Cl2NO2/c1-2-19-14(18)11(9-17)5-8-13(16)10-3-6-12(15)7-4-10/h3-8H,2H2,1H3/b11-5-,13-8-. The van der Waals surface area contributed by atoms with Gasteiger partial charge < -0.3 is 4.74 Å². The summed E-state index contributed by atoms with van der Waals surface area (Å²) >= 11 is 11.8. The van der Waals surface area contributed by atoms with E-state index in [4.69, 9.17) is 33.2 Å². The molecule has 0 bridgehead atoms. The second-order valence-electron chi connectivity index (χ2n) is 3.43. The Morgan fingerprint density at radius 1 is 1.37 bits per heavy atom. The van der Waals surface area contributed by atoms with E-state index in [1.807, 2.05) is 0 Å². The van der Waals surface area contributed by atoms with Crippen molar-refractivity contribution in [2.75, 3.05) is 6.61 Å². The molecule has 1 aromatic rings. The molecule has 0 heterocycles. The van der Waals surface area contributed by atoms with Crippen molar-refractivity contribution in [2.24, 2.45) is 0 Å². The van der Waals surface area contributed by atoms with Gasteiger partial charge in [0, 0.05) is 10.1 Å². The number of carbonyl (C=O) groups excluding carboxylic acids is 1. The highest BCUT2D eigenvalue weighted by Gasteiger charge is 2.08. The third kappa shape index (κ3) is 4.78. The van der Waals surface area contributed by atoms with Crippen LogP contribution in [-0.2, 0) is 9.53 Å². The zero-order valence-corrected chi connectivity index (χ0v) is 11.7. The Kier molecular flexibility index (Phi) is 6.14. The van der Waals surface area contributed by atoms with Gasteiger partial charge in [-0.25, -0.2) is 4.79 Å². The molecule has 19 heavy (non-hydrogen) atoms. The maximum atomic E-state index is 11.4. The van der Waals surface area contributed by atoms with Gasteiger partial charge in [0.2, 0.25) is 0 Å². The SMILES string of the molecule is CCOC(=O)/C(C#N)=C\C=C(/Cl)c1ccc(Cl)cc1. The predicted molar refractivity (Wildman–Crippen MR) is 75.6 cm³/mol. The van der Waals surface area contributed by atoms with Crippen molar-refractivity contribution >= 4 is 34.2 Å². The molecule has 0 aliphatic carbocycles. The van der Waals surface area contributed by atoms with Crippen LogP contribution in [0.4, 0.5) is 0 Å². The van der Waals surface area contributed by atoms with Crippen LogP contribution < -0.4 is 0 Å². The number of ether oxygens (including phenoxy) is 1. The van der Waals surface area contributed by atoms with E-state index in [2.05, 4.69) is 0 Å². The summed E-state index contributed by atoms with van der Waals surface area (Å²) in [5.41, 5.74) is 0.637. The smallest absolute Gasteiger partial charge is 0.348 e. The zero-order chi connectivity index (χ0) is 14.3. The maximum absolute atomic E-state index is 11.4. The molecule has 5 heteroatoms. The molecule has 0 saturated heterocycles. The summed E-state index contributed by atoms with van der Waals surface area (Å²) < 4.78 is 4.73. The lowest BCUT2D eigenvalue weighted by molar-refractivity contribution is -0.138. The van der Waals surface area contributed by atoms with E-state index in [-0.39, 0.29) is 12.2 Å². The molecule has 0 unspecified atom stereocenters. The van der Waals surface area contributed by atoms with Gasteiger partial charge in [-0.1, -0.05) is 35.3 Å². The van der Waals surface area contributed by atoms with Crippen LogP contribution in [0.2, 0.25) is 5.02 Å². The number of carbonyl (C=O) groups is 1. The van der Waals surface area contributed by atoms with Gasteiger partial charge in [-0.05, 0) is 36.8 Å². The van der Waals surface area contributed by atoms with Crippen LogP contribution in [0.3, 0.4) is 0 Å². The Morgan fingerprint density at radius 3 is 2.53 bits per heavy atom. The molecule has 0 fully saturated rings. The summed E-state index contributed by atoms with van der Waals surface area (Å²) in [6, 6.07) is 8.65. The molecule has 0 atom stereocenters. The topological polar surface area (TPSA) is 50.1 Å². The van der Waals surface area contributed by atoms with Crippen LogP contribution in [0.1, 0.15) is 12.5 Å². The molecule has 1 rings (SSSR count). The molecule has 0 saturated carbocycles. The number of esters is 1. The monoisotopic (exact) mass is 295 g/mol. The quantitative estimate of drug-likeness (QED) is 0.366. The second kappa shape index (κ2) is 7.63. The molecule has 0 radical (unpaired) electrons. The van der Waals surface area contributed by atoms with Crippen LogP contribution in [0.25, 0.3) is 5.03 Å². The first-order valence-corrected chi connectivity index (χ1v) is 6.24. The van der Waals surface area contributed by atoms with Gasteiger partial charge in [-0.15, -0.1) is 0 Å². The average Bonchev–Trinajstić information content (AvgIpc) is 2.40. The van der Waals surface area contributed by atoms with Gasteiger partial charge in [0.15, 0.2) is 0 Å². The van der Waals surface area contributed by atoms with Gasteiger partial charge in [-0.2, -0.15) is 5.26 Å². The molecule has 3 nitrogen and oxygen atoms in total. The molecule has 1 aromatic carbocycles. The molecule has 0 amide bonds. The van der Waals surface area contributed by atoms with E-state index < -0.39 is 5.97 Å². The maximum Gasteiger partial charge on any atom is 0.348 e. The lowest BCUT2D eigenvalue weighted by Crippen LogP contribution is -2.05. The number of halogens is 2. The van der Waals surface area contributed by atoms with E-state index in [0.29, 0.717) is 10.1 Å². The molecule has 0 aromatic heterocycles. The van der Waals surface area contributed by atoms with Crippen LogP contribution in [-0.4, -0.2) is 12.6 Å². The minimum Gasteiger partial charge on any atom is -0.462 e. The van der Waals surface area contributed by atoms with E-state index in [0.717, 1.165) is 5.56 Å². The van der Waals surface area contributed by atoms with Crippen molar-refractivity contribution in [1.82, 2.24) is 0 Å². The summed E-state index contributed by atoms with van der Waals surface area (Å²) in [6.45, 7) is 1.88. The summed E-state index contributed by atoms with van der Waals surface area (Å²) in [7, 11) is 0. The van der Waals surface area contributed by atoms with Gasteiger partial charge in [0.25, 0.3) is 0 Å². The number of hydrogen-bond donors (Lipinski definition) is 0. The van der Waals surface area contributed by atoms with Gasteiger partial charge in [0.1, 0.15) is 11.6 Å². The molecular weight excluding hydrogens is 285 g/mol. The van der Waals surface area contributed by atoms with Crippen LogP contribution >= 0.6 is 23.2 Å². The number of hydrogen-bond acceptors (Lipinski definition) is 3. The number of nitrogens with zero attached hydrogens (tertiary/aromatic N) is 1. The molecule has 0 aliphatic rings. The second-order valence-corrected chi connectivity index (χ2v) is 4.28. The van der Waals surface area contributed by atoms with Gasteiger partial charge in [0.05, 0.1) is 6.61 Å². The molecule has 0 aliphatic heterocycles. The first kappa shape index (κ1) is 15.3. The minimum atomic E-state index is -0.665. The highest BCUT2D eigenvalue weighted by Crippen LogP contribution is 2.21. The molecule has 98 valence electrons. The summed E-state index contributed by atoms with van der Waals surface area (Å²) in [5.74, 6) is -0.665. The normalized spacial score (nSPS) is 11.9. The Labute approximate surface area is 121 Å². The first-order chi connectivity index (χ1) is 9.08. The fourth-order valence-electron chi connectivity index (χ4n) is 1.22. The Bertz CT molecular complexity index is 554. The molecule has 0 N–H and O–H groups in total. The molecular formula is C14H11Cl2NO2. The third-order valence-electron chi connectivity index (χ3n) is 2.13. The van der Waals surface area contributed by atoms with Gasteiger partial charge >= 0.3 is 5.97 Å².